The first-order valence-electron chi connectivity index (χ1n) is 6.43. The minimum atomic E-state index is -1.11. The summed E-state index contributed by atoms with van der Waals surface area (Å²) in [6.45, 7) is 0.458. The number of halogens is 1. The molecule has 1 fully saturated rings. The monoisotopic (exact) mass is 372 g/mol. The van der Waals surface area contributed by atoms with Gasteiger partial charge in [-0.25, -0.2) is 4.79 Å². The van der Waals surface area contributed by atoms with Gasteiger partial charge >= 0.3 is 5.97 Å². The Labute approximate surface area is 133 Å². The first kappa shape index (κ1) is 16.4. The summed E-state index contributed by atoms with van der Waals surface area (Å²) in [4.78, 5) is 34.9. The van der Waals surface area contributed by atoms with Crippen molar-refractivity contribution in [2.24, 2.45) is 0 Å². The molecule has 1 amide bonds. The fraction of sp³-hybridized carbons (Fsp3) is 0.385. The second kappa shape index (κ2) is 6.84. The van der Waals surface area contributed by atoms with E-state index in [9.17, 15) is 19.7 Å². The molecule has 8 nitrogen and oxygen atoms in total. The molecular weight excluding hydrogens is 360 g/mol. The topological polar surface area (TPSA) is 110 Å². The molecule has 0 bridgehead atoms. The van der Waals surface area contributed by atoms with Crippen LogP contribution >= 0.6 is 15.9 Å². The summed E-state index contributed by atoms with van der Waals surface area (Å²) in [5.74, 6) is -1.47. The van der Waals surface area contributed by atoms with Crippen LogP contribution in [0.15, 0.2) is 22.7 Å². The van der Waals surface area contributed by atoms with Gasteiger partial charge in [-0.15, -0.1) is 0 Å². The van der Waals surface area contributed by atoms with Gasteiger partial charge < -0.3 is 14.7 Å². The van der Waals surface area contributed by atoms with Gasteiger partial charge in [-0.3, -0.25) is 14.9 Å². The molecule has 1 atom stereocenters. The highest BCUT2D eigenvalue weighted by Gasteiger charge is 2.32. The molecule has 0 aromatic heterocycles. The molecule has 1 heterocycles. The third-order valence-electron chi connectivity index (χ3n) is 3.32. The maximum Gasteiger partial charge on any atom is 0.328 e. The van der Waals surface area contributed by atoms with E-state index in [1.807, 2.05) is 0 Å². The van der Waals surface area contributed by atoms with Gasteiger partial charge in [-0.05, 0) is 5.56 Å². The third-order valence-corrected chi connectivity index (χ3v) is 4.06. The Hall–Kier alpha value is -2.00. The summed E-state index contributed by atoms with van der Waals surface area (Å²) in [6.07, 6.45) is -0.0393. The van der Waals surface area contributed by atoms with Crippen molar-refractivity contribution in [2.75, 3.05) is 19.8 Å². The van der Waals surface area contributed by atoms with Gasteiger partial charge in [-0.2, -0.15) is 0 Å². The minimum absolute atomic E-state index is 0.0392. The van der Waals surface area contributed by atoms with Crippen LogP contribution in [0, 0.1) is 10.1 Å². The molecule has 1 aliphatic rings. The van der Waals surface area contributed by atoms with Crippen LogP contribution in [0.4, 0.5) is 5.69 Å². The average Bonchev–Trinajstić information content (AvgIpc) is 2.48. The van der Waals surface area contributed by atoms with E-state index in [1.165, 1.54) is 23.1 Å². The number of non-ortho nitro benzene ring substituents is 1. The van der Waals surface area contributed by atoms with Crippen molar-refractivity contribution < 1.29 is 24.4 Å². The molecule has 22 heavy (non-hydrogen) atoms. The van der Waals surface area contributed by atoms with Crippen molar-refractivity contribution >= 4 is 33.5 Å². The summed E-state index contributed by atoms with van der Waals surface area (Å²) in [5.41, 5.74) is 0.476. The van der Waals surface area contributed by atoms with Crippen LogP contribution in [-0.4, -0.2) is 52.6 Å². The van der Waals surface area contributed by atoms with Gasteiger partial charge in [0.1, 0.15) is 0 Å². The van der Waals surface area contributed by atoms with Crippen LogP contribution < -0.4 is 0 Å². The Morgan fingerprint density at radius 3 is 2.82 bits per heavy atom. The van der Waals surface area contributed by atoms with Crippen LogP contribution in [0.5, 0.6) is 0 Å². The fourth-order valence-electron chi connectivity index (χ4n) is 2.16. The number of hydrogen-bond donors (Lipinski definition) is 1. The summed E-state index contributed by atoms with van der Waals surface area (Å²) in [6, 6.07) is 3.10. The average molecular weight is 373 g/mol. The zero-order valence-electron chi connectivity index (χ0n) is 11.4. The van der Waals surface area contributed by atoms with Gasteiger partial charge in [0.15, 0.2) is 6.04 Å². The van der Waals surface area contributed by atoms with E-state index in [0.29, 0.717) is 10.0 Å². The molecule has 1 aromatic rings. The SMILES string of the molecule is O=C(O)C1COCCN1C(=O)Cc1ccc([N+](=O)[O-])cc1Br. The molecule has 0 aliphatic carbocycles. The molecule has 1 saturated heterocycles. The van der Waals surface area contributed by atoms with Gasteiger partial charge in [0.05, 0.1) is 24.6 Å². The highest BCUT2D eigenvalue weighted by molar-refractivity contribution is 9.10. The van der Waals surface area contributed by atoms with Crippen molar-refractivity contribution in [3.63, 3.8) is 0 Å². The molecule has 1 aromatic carbocycles. The number of hydrogen-bond acceptors (Lipinski definition) is 5. The predicted octanol–water partition coefficient (Wildman–Crippen LogP) is 1.21. The van der Waals surface area contributed by atoms with Gasteiger partial charge in [0, 0.05) is 23.2 Å². The number of carbonyl (C=O) groups excluding carboxylic acids is 1. The first-order chi connectivity index (χ1) is 10.4. The molecule has 9 heteroatoms. The summed E-state index contributed by atoms with van der Waals surface area (Å²) < 4.78 is 5.52. The maximum atomic E-state index is 12.3. The van der Waals surface area contributed by atoms with E-state index < -0.39 is 16.9 Å². The largest absolute Gasteiger partial charge is 0.480 e. The molecule has 1 unspecified atom stereocenters. The molecule has 0 radical (unpaired) electrons. The van der Waals surface area contributed by atoms with Crippen LogP contribution in [0.2, 0.25) is 0 Å². The first-order valence-corrected chi connectivity index (χ1v) is 7.22. The van der Waals surface area contributed by atoms with Crippen molar-refractivity contribution in [3.8, 4) is 0 Å². The van der Waals surface area contributed by atoms with E-state index >= 15 is 0 Å². The number of aliphatic carboxylic acids is 1. The van der Waals surface area contributed by atoms with Crippen molar-refractivity contribution in [2.45, 2.75) is 12.5 Å². The van der Waals surface area contributed by atoms with E-state index in [4.69, 9.17) is 9.84 Å². The zero-order valence-corrected chi connectivity index (χ0v) is 13.0. The Kier molecular flexibility index (Phi) is 5.09. The number of nitro benzene ring substituents is 1. The number of carboxylic acids is 1. The molecular formula is C13H13BrN2O6. The molecule has 118 valence electrons. The number of ether oxygens (including phenoxy) is 1. The maximum absolute atomic E-state index is 12.3. The van der Waals surface area contributed by atoms with Crippen molar-refractivity contribution in [1.82, 2.24) is 4.90 Å². The van der Waals surface area contributed by atoms with Crippen LogP contribution in [-0.2, 0) is 20.7 Å². The Morgan fingerprint density at radius 2 is 2.23 bits per heavy atom. The van der Waals surface area contributed by atoms with E-state index in [1.54, 1.807) is 0 Å². The summed E-state index contributed by atoms with van der Waals surface area (Å²) in [5, 5.41) is 19.8. The second-order valence-corrected chi connectivity index (χ2v) is 5.58. The molecule has 1 N–H and O–H groups in total. The Balaban J connectivity index is 2.14. The Morgan fingerprint density at radius 1 is 1.50 bits per heavy atom. The minimum Gasteiger partial charge on any atom is -0.480 e. The van der Waals surface area contributed by atoms with Gasteiger partial charge in [-0.1, -0.05) is 22.0 Å². The lowest BCUT2D eigenvalue weighted by atomic mass is 10.1. The van der Waals surface area contributed by atoms with Crippen molar-refractivity contribution in [3.05, 3.63) is 38.3 Å². The highest BCUT2D eigenvalue weighted by Crippen LogP contribution is 2.24. The third kappa shape index (κ3) is 3.60. The Bertz CT molecular complexity index is 621. The van der Waals surface area contributed by atoms with Crippen molar-refractivity contribution in [1.29, 1.82) is 0 Å². The van der Waals surface area contributed by atoms with Crippen LogP contribution in [0.1, 0.15) is 5.56 Å². The van der Waals surface area contributed by atoms with E-state index in [-0.39, 0.29) is 37.8 Å². The number of nitrogens with zero attached hydrogens (tertiary/aromatic N) is 2. The number of amides is 1. The second-order valence-electron chi connectivity index (χ2n) is 4.73. The standard InChI is InChI=1S/C13H13BrN2O6/c14-10-6-9(16(20)21)2-1-8(10)5-12(17)15-3-4-22-7-11(15)13(18)19/h1-2,6,11H,3-5,7H2,(H,18,19). The van der Waals surface area contributed by atoms with E-state index in [0.717, 1.165) is 0 Å². The summed E-state index contributed by atoms with van der Waals surface area (Å²) in [7, 11) is 0. The summed E-state index contributed by atoms with van der Waals surface area (Å²) >= 11 is 3.20. The van der Waals surface area contributed by atoms with Crippen LogP contribution in [0.3, 0.4) is 0 Å². The number of carbonyl (C=O) groups is 2. The number of carboxylic acid groups (broad SMARTS) is 1. The zero-order chi connectivity index (χ0) is 16.3. The van der Waals surface area contributed by atoms with Gasteiger partial charge in [0.2, 0.25) is 5.91 Å². The fourth-order valence-corrected chi connectivity index (χ4v) is 2.67. The highest BCUT2D eigenvalue weighted by atomic mass is 79.9. The normalized spacial score (nSPS) is 18.0. The van der Waals surface area contributed by atoms with Crippen LogP contribution in [0.25, 0.3) is 0 Å². The molecule has 2 rings (SSSR count). The lowest BCUT2D eigenvalue weighted by Gasteiger charge is -2.33. The lowest BCUT2D eigenvalue weighted by molar-refractivity contribution is -0.384. The number of benzene rings is 1. The number of morpholine rings is 1. The molecule has 1 aliphatic heterocycles. The smallest absolute Gasteiger partial charge is 0.328 e. The number of rotatable bonds is 4. The number of nitro groups is 1. The van der Waals surface area contributed by atoms with E-state index in [2.05, 4.69) is 15.9 Å². The lowest BCUT2D eigenvalue weighted by Crippen LogP contribution is -2.53. The van der Waals surface area contributed by atoms with Gasteiger partial charge in [0.25, 0.3) is 5.69 Å². The quantitative estimate of drug-likeness (QED) is 0.628. The predicted molar refractivity (Wildman–Crippen MR) is 78.5 cm³/mol. The molecule has 0 saturated carbocycles. The molecule has 0 spiro atoms.